The molecule has 1 N–H and O–H groups in total. The number of carbonyl (C=O) groups is 1. The minimum Gasteiger partial charge on any atom is -0.458 e. The second kappa shape index (κ2) is 13.8. The van der Waals surface area contributed by atoms with Crippen LogP contribution in [0.1, 0.15) is 51.7 Å². The molecule has 0 amide bonds. The van der Waals surface area contributed by atoms with Gasteiger partial charge in [-0.3, -0.25) is 9.63 Å². The number of esters is 1. The van der Waals surface area contributed by atoms with E-state index in [1.54, 1.807) is 7.11 Å². The van der Waals surface area contributed by atoms with Crippen molar-refractivity contribution in [1.29, 1.82) is 0 Å². The Balaban J connectivity index is 1.46. The summed E-state index contributed by atoms with van der Waals surface area (Å²) in [5.74, 6) is -0.389. The fraction of sp³-hybridized carbons (Fsp3) is 0.567. The zero-order chi connectivity index (χ0) is 27.8. The summed E-state index contributed by atoms with van der Waals surface area (Å²) in [6.45, 7) is 7.95. The van der Waals surface area contributed by atoms with Crippen molar-refractivity contribution in [1.82, 2.24) is 5.48 Å². The number of ether oxygens (including phenoxy) is 6. The van der Waals surface area contributed by atoms with Gasteiger partial charge in [0.05, 0.1) is 37.1 Å². The van der Waals surface area contributed by atoms with Gasteiger partial charge in [0.15, 0.2) is 12.6 Å². The molecule has 2 aromatic carbocycles. The molecule has 2 aliphatic rings. The monoisotopic (exact) mass is 543 g/mol. The van der Waals surface area contributed by atoms with Crippen molar-refractivity contribution >= 4 is 5.97 Å². The fourth-order valence-corrected chi connectivity index (χ4v) is 5.25. The molecular weight excluding hydrogens is 502 g/mol. The van der Waals surface area contributed by atoms with Gasteiger partial charge in [0.25, 0.3) is 0 Å². The first-order chi connectivity index (χ1) is 18.8. The molecule has 4 rings (SSSR count). The molecule has 0 aromatic heterocycles. The van der Waals surface area contributed by atoms with E-state index in [-0.39, 0.29) is 18.2 Å². The average Bonchev–Trinajstić information content (AvgIpc) is 2.92. The van der Waals surface area contributed by atoms with E-state index >= 15 is 0 Å². The molecule has 0 saturated carbocycles. The average molecular weight is 544 g/mol. The van der Waals surface area contributed by atoms with Crippen LogP contribution in [0.25, 0.3) is 0 Å². The lowest BCUT2D eigenvalue weighted by Gasteiger charge is -2.48. The normalized spacial score (nSPS) is 33.0. The molecule has 214 valence electrons. The van der Waals surface area contributed by atoms with Crippen LogP contribution in [0.2, 0.25) is 0 Å². The number of hydrogen-bond donors (Lipinski definition) is 1. The summed E-state index contributed by atoms with van der Waals surface area (Å²) >= 11 is 0. The summed E-state index contributed by atoms with van der Waals surface area (Å²) in [6.07, 6.45) is -2.16. The smallest absolute Gasteiger partial charge is 0.303 e. The Bertz CT molecular complexity index is 1020. The quantitative estimate of drug-likeness (QED) is 0.329. The lowest BCUT2D eigenvalue weighted by Crippen LogP contribution is -2.64. The highest BCUT2D eigenvalue weighted by Crippen LogP contribution is 2.35. The van der Waals surface area contributed by atoms with E-state index in [2.05, 4.69) is 5.48 Å². The van der Waals surface area contributed by atoms with Gasteiger partial charge in [-0.25, -0.2) is 0 Å². The summed E-state index contributed by atoms with van der Waals surface area (Å²) in [4.78, 5) is 17.9. The lowest BCUT2D eigenvalue weighted by atomic mass is 9.85. The highest BCUT2D eigenvalue weighted by molar-refractivity contribution is 5.66. The first-order valence-electron chi connectivity index (χ1n) is 13.5. The third-order valence-electron chi connectivity index (χ3n) is 7.19. The van der Waals surface area contributed by atoms with E-state index in [1.165, 1.54) is 6.92 Å². The predicted molar refractivity (Wildman–Crippen MR) is 143 cm³/mol. The number of methoxy groups -OCH3 is 1. The Hall–Kier alpha value is -2.37. The van der Waals surface area contributed by atoms with E-state index < -0.39 is 36.4 Å². The minimum absolute atomic E-state index is 0.280. The molecule has 39 heavy (non-hydrogen) atoms. The predicted octanol–water partition coefficient (Wildman–Crippen LogP) is 4.29. The molecule has 0 unspecified atom stereocenters. The molecule has 0 spiro atoms. The van der Waals surface area contributed by atoms with Gasteiger partial charge < -0.3 is 28.4 Å². The molecule has 2 aliphatic heterocycles. The van der Waals surface area contributed by atoms with Crippen molar-refractivity contribution in [3.8, 4) is 0 Å². The maximum absolute atomic E-state index is 12.0. The Morgan fingerprint density at radius 3 is 2.18 bits per heavy atom. The number of hydrogen-bond acceptors (Lipinski definition) is 9. The third-order valence-corrected chi connectivity index (χ3v) is 7.19. The van der Waals surface area contributed by atoms with Crippen LogP contribution in [-0.4, -0.2) is 61.7 Å². The number of rotatable bonds is 11. The molecular formula is C30H41NO8. The van der Waals surface area contributed by atoms with Gasteiger partial charge in [-0.05, 0) is 31.9 Å². The van der Waals surface area contributed by atoms with Crippen LogP contribution < -0.4 is 5.48 Å². The van der Waals surface area contributed by atoms with Gasteiger partial charge in [0, 0.05) is 26.9 Å². The van der Waals surface area contributed by atoms with Crippen LogP contribution in [0.15, 0.2) is 60.7 Å². The van der Waals surface area contributed by atoms with Crippen molar-refractivity contribution in [2.75, 3.05) is 7.11 Å². The first kappa shape index (κ1) is 29.6. The molecule has 0 bridgehead atoms. The van der Waals surface area contributed by atoms with Crippen molar-refractivity contribution in [3.63, 3.8) is 0 Å². The Morgan fingerprint density at radius 1 is 0.949 bits per heavy atom. The number of hydroxylamine groups is 1. The molecule has 9 nitrogen and oxygen atoms in total. The van der Waals surface area contributed by atoms with Crippen molar-refractivity contribution in [2.24, 2.45) is 0 Å². The van der Waals surface area contributed by atoms with Crippen molar-refractivity contribution in [3.05, 3.63) is 71.8 Å². The Morgan fingerprint density at radius 2 is 1.56 bits per heavy atom. The van der Waals surface area contributed by atoms with Crippen LogP contribution >= 0.6 is 0 Å². The largest absolute Gasteiger partial charge is 0.458 e. The summed E-state index contributed by atoms with van der Waals surface area (Å²) < 4.78 is 36.4. The van der Waals surface area contributed by atoms with Crippen LogP contribution in [0, 0.1) is 0 Å². The van der Waals surface area contributed by atoms with Gasteiger partial charge in [0.1, 0.15) is 12.2 Å². The number of benzene rings is 2. The first-order valence-corrected chi connectivity index (χ1v) is 13.5. The topological polar surface area (TPSA) is 93.7 Å². The van der Waals surface area contributed by atoms with Crippen LogP contribution in [0.4, 0.5) is 0 Å². The van der Waals surface area contributed by atoms with E-state index in [0.29, 0.717) is 26.1 Å². The fourth-order valence-electron chi connectivity index (χ4n) is 5.25. The zero-order valence-electron chi connectivity index (χ0n) is 23.4. The van der Waals surface area contributed by atoms with E-state index in [1.807, 2.05) is 81.4 Å². The molecule has 8 atom stereocenters. The van der Waals surface area contributed by atoms with Gasteiger partial charge in [-0.1, -0.05) is 60.7 Å². The molecule has 2 heterocycles. The second-order valence-corrected chi connectivity index (χ2v) is 10.5. The minimum atomic E-state index is -0.781. The van der Waals surface area contributed by atoms with Gasteiger partial charge in [-0.2, -0.15) is 5.48 Å². The standard InChI is InChI=1S/C30H41NO8/c1-20-28(25(16-26(33-5)36-20)34-18-23-12-8-6-9-13-23)39-27-17-30(4,29(21(2)37-27)38-22(3)32)31-35-19-24-14-10-7-11-15-24/h6-15,20-21,25-29,31H,16-19H2,1-5H3/t20-,21-,25-,26+,27+,28+,29+,30-/m0/s1. The summed E-state index contributed by atoms with van der Waals surface area (Å²) in [5.41, 5.74) is 4.48. The summed E-state index contributed by atoms with van der Waals surface area (Å²) in [7, 11) is 1.63. The Labute approximate surface area is 231 Å². The molecule has 2 aromatic rings. The third kappa shape index (κ3) is 8.08. The second-order valence-electron chi connectivity index (χ2n) is 10.5. The van der Waals surface area contributed by atoms with Crippen molar-refractivity contribution in [2.45, 2.75) is 102 Å². The van der Waals surface area contributed by atoms with E-state index in [0.717, 1.165) is 11.1 Å². The highest BCUT2D eigenvalue weighted by atomic mass is 16.7. The maximum Gasteiger partial charge on any atom is 0.303 e. The van der Waals surface area contributed by atoms with Crippen molar-refractivity contribution < 1.29 is 38.1 Å². The number of carbonyl (C=O) groups excluding carboxylic acids is 1. The maximum atomic E-state index is 12.0. The van der Waals surface area contributed by atoms with E-state index in [9.17, 15) is 4.79 Å². The number of nitrogens with one attached hydrogen (secondary N) is 1. The van der Waals surface area contributed by atoms with Gasteiger partial charge in [0.2, 0.25) is 0 Å². The van der Waals surface area contributed by atoms with Crippen LogP contribution in [-0.2, 0) is 51.3 Å². The lowest BCUT2D eigenvalue weighted by molar-refractivity contribution is -0.318. The Kier molecular flexibility index (Phi) is 10.5. The van der Waals surface area contributed by atoms with Gasteiger partial charge >= 0.3 is 5.97 Å². The van der Waals surface area contributed by atoms with Crippen LogP contribution in [0.3, 0.4) is 0 Å². The summed E-state index contributed by atoms with van der Waals surface area (Å²) in [6, 6.07) is 19.9. The molecule has 0 radical (unpaired) electrons. The van der Waals surface area contributed by atoms with Crippen LogP contribution in [0.5, 0.6) is 0 Å². The zero-order valence-corrected chi connectivity index (χ0v) is 23.4. The molecule has 9 heteroatoms. The molecule has 2 fully saturated rings. The summed E-state index contributed by atoms with van der Waals surface area (Å²) in [5, 5.41) is 0. The van der Waals surface area contributed by atoms with Gasteiger partial charge in [-0.15, -0.1) is 0 Å². The van der Waals surface area contributed by atoms with E-state index in [4.69, 9.17) is 33.3 Å². The SMILES string of the molecule is CO[C@H]1C[C@H](OCc2ccccc2)[C@H](O[C@@H]2C[C@](C)(NOCc3ccccc3)[C@H](OC(C)=O)[C@H](C)O2)[C@H](C)O1. The molecule has 2 saturated heterocycles. The molecule has 0 aliphatic carbocycles. The highest BCUT2D eigenvalue weighted by Gasteiger charge is 2.50.